The van der Waals surface area contributed by atoms with Crippen molar-refractivity contribution >= 4 is 15.7 Å². The van der Waals surface area contributed by atoms with E-state index in [0.717, 1.165) is 23.5 Å². The summed E-state index contributed by atoms with van der Waals surface area (Å²) in [4.78, 5) is 4.89. The van der Waals surface area contributed by atoms with Crippen LogP contribution in [0.1, 0.15) is 29.4 Å². The van der Waals surface area contributed by atoms with Crippen LogP contribution in [-0.2, 0) is 17.1 Å². The monoisotopic (exact) mass is 349 g/mol. The summed E-state index contributed by atoms with van der Waals surface area (Å²) in [7, 11) is 0.0924. The summed E-state index contributed by atoms with van der Waals surface area (Å²) in [6.07, 6.45) is 2.35. The molecular formula is C16H23N5O2S. The average molecular weight is 349 g/mol. The third kappa shape index (κ3) is 3.03. The highest BCUT2D eigenvalue weighted by Crippen LogP contribution is 2.32. The Morgan fingerprint density at radius 3 is 2.67 bits per heavy atom. The molecule has 130 valence electrons. The SMILES string of the molecule is CNc1cc(C)nc(C2CCN(S(=O)(=O)c3cn(C)nc3C)C2)c1. The van der Waals surface area contributed by atoms with Gasteiger partial charge in [0.15, 0.2) is 0 Å². The summed E-state index contributed by atoms with van der Waals surface area (Å²) in [6, 6.07) is 3.98. The lowest BCUT2D eigenvalue weighted by molar-refractivity contribution is 0.471. The van der Waals surface area contributed by atoms with E-state index in [1.165, 1.54) is 4.68 Å². The predicted octanol–water partition coefficient (Wildman–Crippen LogP) is 1.65. The average Bonchev–Trinajstić information content (AvgIpc) is 3.14. The third-order valence-corrected chi connectivity index (χ3v) is 6.39. The molecule has 2 aromatic rings. The number of sulfonamides is 1. The Hall–Kier alpha value is -1.93. The molecule has 7 nitrogen and oxygen atoms in total. The molecular weight excluding hydrogens is 326 g/mol. The van der Waals surface area contributed by atoms with E-state index in [1.807, 2.05) is 26.1 Å². The highest BCUT2D eigenvalue weighted by atomic mass is 32.2. The molecule has 24 heavy (non-hydrogen) atoms. The molecule has 0 radical (unpaired) electrons. The predicted molar refractivity (Wildman–Crippen MR) is 92.6 cm³/mol. The topological polar surface area (TPSA) is 80.1 Å². The second-order valence-electron chi connectivity index (χ2n) is 6.27. The fourth-order valence-electron chi connectivity index (χ4n) is 3.21. The van der Waals surface area contributed by atoms with E-state index in [-0.39, 0.29) is 5.92 Å². The first-order valence-electron chi connectivity index (χ1n) is 7.98. The van der Waals surface area contributed by atoms with E-state index in [4.69, 9.17) is 0 Å². The second-order valence-corrected chi connectivity index (χ2v) is 8.18. The largest absolute Gasteiger partial charge is 0.388 e. The highest BCUT2D eigenvalue weighted by molar-refractivity contribution is 7.89. The normalized spacial score (nSPS) is 18.9. The lowest BCUT2D eigenvalue weighted by Crippen LogP contribution is -2.29. The first-order valence-corrected chi connectivity index (χ1v) is 9.42. The molecule has 0 aliphatic carbocycles. The summed E-state index contributed by atoms with van der Waals surface area (Å²) in [5.41, 5.74) is 3.41. The maximum absolute atomic E-state index is 12.9. The number of hydrogen-bond acceptors (Lipinski definition) is 5. The maximum atomic E-state index is 12.9. The van der Waals surface area contributed by atoms with Crippen LogP contribution in [0.15, 0.2) is 23.2 Å². The lowest BCUT2D eigenvalue weighted by Gasteiger charge is -2.16. The van der Waals surface area contributed by atoms with Gasteiger partial charge >= 0.3 is 0 Å². The van der Waals surface area contributed by atoms with E-state index in [9.17, 15) is 8.42 Å². The lowest BCUT2D eigenvalue weighted by atomic mass is 10.0. The van der Waals surface area contributed by atoms with Crippen molar-refractivity contribution in [1.82, 2.24) is 19.1 Å². The van der Waals surface area contributed by atoms with Gasteiger partial charge in [0.1, 0.15) is 4.90 Å². The Labute approximate surface area is 142 Å². The van der Waals surface area contributed by atoms with Crippen LogP contribution >= 0.6 is 0 Å². The van der Waals surface area contributed by atoms with Crippen molar-refractivity contribution in [3.63, 3.8) is 0 Å². The molecule has 0 bridgehead atoms. The minimum Gasteiger partial charge on any atom is -0.388 e. The molecule has 0 amide bonds. The molecule has 1 aliphatic rings. The smallest absolute Gasteiger partial charge is 0.246 e. The number of anilines is 1. The summed E-state index contributed by atoms with van der Waals surface area (Å²) in [5, 5.41) is 7.28. The molecule has 1 N–H and O–H groups in total. The van der Waals surface area contributed by atoms with Crippen LogP contribution in [0, 0.1) is 13.8 Å². The number of nitrogens with one attached hydrogen (secondary N) is 1. The van der Waals surface area contributed by atoms with Gasteiger partial charge in [0, 0.05) is 56.4 Å². The standard InChI is InChI=1S/C16H23N5O2S/c1-11-7-14(17-3)8-15(18-11)13-5-6-21(9-13)24(22,23)16-10-20(4)19-12(16)2/h7-8,10,13H,5-6,9H2,1-4H3,(H,17,18). The molecule has 1 unspecified atom stereocenters. The van der Waals surface area contributed by atoms with E-state index in [0.29, 0.717) is 23.7 Å². The Kier molecular flexibility index (Phi) is 4.35. The van der Waals surface area contributed by atoms with Crippen LogP contribution in [0.5, 0.6) is 0 Å². The van der Waals surface area contributed by atoms with Crippen LogP contribution in [0.25, 0.3) is 0 Å². The van der Waals surface area contributed by atoms with E-state index >= 15 is 0 Å². The van der Waals surface area contributed by atoms with Gasteiger partial charge in [-0.1, -0.05) is 0 Å². The molecule has 2 aromatic heterocycles. The number of pyridine rings is 1. The molecule has 1 saturated heterocycles. The minimum absolute atomic E-state index is 0.115. The van der Waals surface area contributed by atoms with Gasteiger partial charge in [-0.3, -0.25) is 9.67 Å². The minimum atomic E-state index is -3.51. The molecule has 1 atom stereocenters. The van der Waals surface area contributed by atoms with Crippen molar-refractivity contribution in [3.05, 3.63) is 35.4 Å². The summed E-state index contributed by atoms with van der Waals surface area (Å²) in [6.45, 7) is 4.64. The van der Waals surface area contributed by atoms with Gasteiger partial charge < -0.3 is 5.32 Å². The zero-order valence-corrected chi connectivity index (χ0v) is 15.3. The van der Waals surface area contributed by atoms with Crippen molar-refractivity contribution in [2.75, 3.05) is 25.5 Å². The Morgan fingerprint density at radius 2 is 2.04 bits per heavy atom. The molecule has 3 rings (SSSR count). The van der Waals surface area contributed by atoms with Crippen LogP contribution in [0.4, 0.5) is 5.69 Å². The number of aryl methyl sites for hydroxylation is 3. The molecule has 0 saturated carbocycles. The fourth-order valence-corrected chi connectivity index (χ4v) is 4.91. The first-order chi connectivity index (χ1) is 11.3. The van der Waals surface area contributed by atoms with Gasteiger partial charge in [-0.15, -0.1) is 0 Å². The maximum Gasteiger partial charge on any atom is 0.246 e. The number of hydrogen-bond donors (Lipinski definition) is 1. The zero-order chi connectivity index (χ0) is 17.5. The second kappa shape index (κ2) is 6.18. The zero-order valence-electron chi connectivity index (χ0n) is 14.4. The Balaban J connectivity index is 1.85. The molecule has 1 aliphatic heterocycles. The number of nitrogens with zero attached hydrogens (tertiary/aromatic N) is 4. The van der Waals surface area contributed by atoms with Crippen molar-refractivity contribution in [3.8, 4) is 0 Å². The van der Waals surface area contributed by atoms with Crippen LogP contribution in [0.3, 0.4) is 0 Å². The van der Waals surface area contributed by atoms with Crippen molar-refractivity contribution < 1.29 is 8.42 Å². The third-order valence-electron chi connectivity index (χ3n) is 4.42. The summed E-state index contributed by atoms with van der Waals surface area (Å²) in [5.74, 6) is 0.115. The number of rotatable bonds is 4. The van der Waals surface area contributed by atoms with Gasteiger partial charge in [-0.25, -0.2) is 8.42 Å². The highest BCUT2D eigenvalue weighted by Gasteiger charge is 2.35. The first kappa shape index (κ1) is 16.9. The fraction of sp³-hybridized carbons (Fsp3) is 0.500. The van der Waals surface area contributed by atoms with Crippen LogP contribution in [-0.4, -0.2) is 47.6 Å². The molecule has 1 fully saturated rings. The van der Waals surface area contributed by atoms with Gasteiger partial charge in [0.25, 0.3) is 0 Å². The van der Waals surface area contributed by atoms with E-state index in [2.05, 4.69) is 15.4 Å². The Bertz CT molecular complexity index is 859. The van der Waals surface area contributed by atoms with Gasteiger partial charge in [-0.05, 0) is 32.4 Å². The van der Waals surface area contributed by atoms with E-state index in [1.54, 1.807) is 24.5 Å². The number of aromatic nitrogens is 3. The van der Waals surface area contributed by atoms with Crippen molar-refractivity contribution in [2.45, 2.75) is 31.1 Å². The molecule has 0 spiro atoms. The summed E-state index contributed by atoms with van der Waals surface area (Å²) >= 11 is 0. The van der Waals surface area contributed by atoms with Gasteiger partial charge in [0.2, 0.25) is 10.0 Å². The van der Waals surface area contributed by atoms with Gasteiger partial charge in [-0.2, -0.15) is 9.40 Å². The van der Waals surface area contributed by atoms with Crippen LogP contribution < -0.4 is 5.32 Å². The molecule has 0 aromatic carbocycles. The molecule has 8 heteroatoms. The van der Waals surface area contributed by atoms with Crippen molar-refractivity contribution in [2.24, 2.45) is 7.05 Å². The molecule has 3 heterocycles. The van der Waals surface area contributed by atoms with Crippen LogP contribution in [0.2, 0.25) is 0 Å². The van der Waals surface area contributed by atoms with Gasteiger partial charge in [0.05, 0.1) is 5.69 Å². The Morgan fingerprint density at radius 1 is 1.29 bits per heavy atom. The van der Waals surface area contributed by atoms with Crippen molar-refractivity contribution in [1.29, 1.82) is 0 Å². The quantitative estimate of drug-likeness (QED) is 0.908. The summed E-state index contributed by atoms with van der Waals surface area (Å²) < 4.78 is 28.8. The van der Waals surface area contributed by atoms with E-state index < -0.39 is 10.0 Å².